The van der Waals surface area contributed by atoms with Gasteiger partial charge in [-0.1, -0.05) is 18.2 Å². The highest BCUT2D eigenvalue weighted by atomic mass is 19.4. The number of pyridine rings is 1. The number of carbonyl (C=O) groups is 3. The molecule has 176 valence electrons. The van der Waals surface area contributed by atoms with Gasteiger partial charge in [-0.15, -0.1) is 0 Å². The highest BCUT2D eigenvalue weighted by Crippen LogP contribution is 2.34. The second-order valence-corrected chi connectivity index (χ2v) is 7.58. The molecule has 0 unspecified atom stereocenters. The minimum atomic E-state index is -5.30. The first-order valence-electron chi connectivity index (χ1n) is 10.4. The molecule has 0 aliphatic heterocycles. The van der Waals surface area contributed by atoms with Crippen LogP contribution in [-0.2, 0) is 28.9 Å². The van der Waals surface area contributed by atoms with Gasteiger partial charge in [0.25, 0.3) is 5.91 Å². The third-order valence-electron chi connectivity index (χ3n) is 5.33. The van der Waals surface area contributed by atoms with Crippen LogP contribution in [0.5, 0.6) is 0 Å². The Morgan fingerprint density at radius 3 is 2.59 bits per heavy atom. The molecule has 0 atom stereocenters. The number of halogens is 3. The van der Waals surface area contributed by atoms with Crippen LogP contribution in [0.4, 0.5) is 13.2 Å². The van der Waals surface area contributed by atoms with Crippen molar-refractivity contribution in [3.8, 4) is 11.3 Å². The third kappa shape index (κ3) is 4.82. The standard InChI is InChI=1S/C23H19F3N4O4/c24-23(25,26)22(33)34-21(32)19-17-8-7-15-13-27-11-9-16(15)18(17)29-30(19)12-4-10-28-20(31)14-5-2-1-3-6-14/h1-3,5-6,9,11,13H,4,7-8,10,12H2,(H,28,31). The molecule has 0 bridgehead atoms. The van der Waals surface area contributed by atoms with Gasteiger partial charge in [0.15, 0.2) is 5.69 Å². The molecule has 1 N–H and O–H groups in total. The molecule has 1 aromatic carbocycles. The average molecular weight is 472 g/mol. The number of hydrogen-bond acceptors (Lipinski definition) is 6. The summed E-state index contributed by atoms with van der Waals surface area (Å²) in [5, 5.41) is 7.18. The topological polar surface area (TPSA) is 103 Å². The molecule has 8 nitrogen and oxygen atoms in total. The summed E-state index contributed by atoms with van der Waals surface area (Å²) in [6.07, 6.45) is -0.929. The summed E-state index contributed by atoms with van der Waals surface area (Å²) in [6.45, 7) is 0.335. The summed E-state index contributed by atoms with van der Waals surface area (Å²) in [4.78, 5) is 40.1. The largest absolute Gasteiger partial charge is 0.491 e. The number of aromatic nitrogens is 3. The van der Waals surface area contributed by atoms with E-state index in [9.17, 15) is 27.6 Å². The minimum Gasteiger partial charge on any atom is -0.381 e. The average Bonchev–Trinajstić information content (AvgIpc) is 3.20. The molecule has 0 saturated carbocycles. The number of fused-ring (bicyclic) bond motifs is 3. The zero-order valence-corrected chi connectivity index (χ0v) is 17.8. The number of carbonyl (C=O) groups excluding carboxylic acids is 3. The van der Waals surface area contributed by atoms with E-state index in [0.717, 1.165) is 5.56 Å². The highest BCUT2D eigenvalue weighted by molar-refractivity contribution is 5.99. The van der Waals surface area contributed by atoms with Crippen molar-refractivity contribution in [2.75, 3.05) is 6.54 Å². The van der Waals surface area contributed by atoms with Gasteiger partial charge in [-0.25, -0.2) is 9.59 Å². The summed E-state index contributed by atoms with van der Waals surface area (Å²) >= 11 is 0. The predicted molar refractivity (Wildman–Crippen MR) is 113 cm³/mol. The van der Waals surface area contributed by atoms with Crippen LogP contribution in [0.3, 0.4) is 0 Å². The molecule has 0 spiro atoms. The Bertz CT molecular complexity index is 1240. The van der Waals surface area contributed by atoms with E-state index in [2.05, 4.69) is 20.1 Å². The lowest BCUT2D eigenvalue weighted by molar-refractivity contribution is -0.193. The number of amides is 1. The van der Waals surface area contributed by atoms with Crippen molar-refractivity contribution in [1.82, 2.24) is 20.1 Å². The van der Waals surface area contributed by atoms with Crippen molar-refractivity contribution in [2.45, 2.75) is 32.0 Å². The van der Waals surface area contributed by atoms with Crippen LogP contribution in [0, 0.1) is 0 Å². The van der Waals surface area contributed by atoms with Gasteiger partial charge >= 0.3 is 18.1 Å². The quantitative estimate of drug-likeness (QED) is 0.336. The van der Waals surface area contributed by atoms with Crippen molar-refractivity contribution in [3.63, 3.8) is 0 Å². The lowest BCUT2D eigenvalue weighted by Gasteiger charge is -2.15. The maximum Gasteiger partial charge on any atom is 0.491 e. The number of nitrogens with zero attached hydrogens (tertiary/aromatic N) is 3. The van der Waals surface area contributed by atoms with Crippen molar-refractivity contribution in [1.29, 1.82) is 0 Å². The second-order valence-electron chi connectivity index (χ2n) is 7.58. The molecule has 34 heavy (non-hydrogen) atoms. The van der Waals surface area contributed by atoms with Crippen LogP contribution >= 0.6 is 0 Å². The molecular weight excluding hydrogens is 453 g/mol. The van der Waals surface area contributed by atoms with Crippen LogP contribution in [0.25, 0.3) is 11.3 Å². The number of ether oxygens (including phenoxy) is 1. The summed E-state index contributed by atoms with van der Waals surface area (Å²) < 4.78 is 43.3. The molecule has 2 heterocycles. The second kappa shape index (κ2) is 9.46. The van der Waals surface area contributed by atoms with Crippen molar-refractivity contribution in [3.05, 3.63) is 71.2 Å². The monoisotopic (exact) mass is 472 g/mol. The molecule has 1 aliphatic rings. The van der Waals surface area contributed by atoms with E-state index in [0.29, 0.717) is 41.6 Å². The first-order chi connectivity index (χ1) is 16.3. The van der Waals surface area contributed by atoms with E-state index in [1.807, 2.05) is 0 Å². The number of rotatable bonds is 6. The minimum absolute atomic E-state index is 0.104. The Hall–Kier alpha value is -4.02. The van der Waals surface area contributed by atoms with Gasteiger partial charge in [-0.3, -0.25) is 14.5 Å². The van der Waals surface area contributed by atoms with E-state index in [1.165, 1.54) is 4.68 Å². The first-order valence-corrected chi connectivity index (χ1v) is 10.4. The number of hydrogen-bond donors (Lipinski definition) is 1. The van der Waals surface area contributed by atoms with E-state index < -0.39 is 18.1 Å². The maximum atomic E-state index is 12.7. The fraction of sp³-hybridized carbons (Fsp3) is 0.261. The number of nitrogens with one attached hydrogen (secondary N) is 1. The molecular formula is C23H19F3N4O4. The number of esters is 2. The number of benzene rings is 1. The highest BCUT2D eigenvalue weighted by Gasteiger charge is 2.43. The molecule has 0 fully saturated rings. The molecule has 3 aromatic rings. The van der Waals surface area contributed by atoms with Gasteiger partial charge in [0.05, 0.1) is 5.69 Å². The van der Waals surface area contributed by atoms with Crippen LogP contribution in [0.15, 0.2) is 48.8 Å². The van der Waals surface area contributed by atoms with Gasteiger partial charge in [0, 0.05) is 42.2 Å². The Balaban J connectivity index is 1.55. The Labute approximate surface area is 191 Å². The van der Waals surface area contributed by atoms with E-state index >= 15 is 0 Å². The lowest BCUT2D eigenvalue weighted by atomic mass is 9.90. The van der Waals surface area contributed by atoms with Gasteiger partial charge in [-0.2, -0.15) is 18.3 Å². The Morgan fingerprint density at radius 2 is 1.85 bits per heavy atom. The van der Waals surface area contributed by atoms with Crippen LogP contribution in [0.2, 0.25) is 0 Å². The summed E-state index contributed by atoms with van der Waals surface area (Å²) in [5.41, 5.74) is 2.72. The van der Waals surface area contributed by atoms with Gasteiger partial charge in [0.2, 0.25) is 0 Å². The summed E-state index contributed by atoms with van der Waals surface area (Å²) in [6, 6.07) is 10.3. The van der Waals surface area contributed by atoms with Crippen molar-refractivity contribution >= 4 is 17.8 Å². The van der Waals surface area contributed by atoms with Gasteiger partial charge in [0.1, 0.15) is 0 Å². The molecule has 0 radical (unpaired) electrons. The zero-order chi connectivity index (χ0) is 24.3. The Kier molecular flexibility index (Phi) is 6.44. The maximum absolute atomic E-state index is 12.7. The van der Waals surface area contributed by atoms with Crippen molar-refractivity contribution < 1.29 is 32.3 Å². The molecule has 11 heteroatoms. The van der Waals surface area contributed by atoms with E-state index in [4.69, 9.17) is 0 Å². The van der Waals surface area contributed by atoms with Gasteiger partial charge in [-0.05, 0) is 43.0 Å². The summed E-state index contributed by atoms with van der Waals surface area (Å²) in [7, 11) is 0. The lowest BCUT2D eigenvalue weighted by Crippen LogP contribution is -2.30. The van der Waals surface area contributed by atoms with Crippen LogP contribution < -0.4 is 5.32 Å². The molecule has 0 saturated heterocycles. The van der Waals surface area contributed by atoms with Crippen LogP contribution in [-0.4, -0.2) is 45.3 Å². The Morgan fingerprint density at radius 1 is 1.09 bits per heavy atom. The van der Waals surface area contributed by atoms with Crippen LogP contribution in [0.1, 0.15) is 38.4 Å². The molecule has 4 rings (SSSR count). The fourth-order valence-electron chi connectivity index (χ4n) is 3.77. The third-order valence-corrected chi connectivity index (χ3v) is 5.33. The van der Waals surface area contributed by atoms with E-state index in [1.54, 1.807) is 48.8 Å². The summed E-state index contributed by atoms with van der Waals surface area (Å²) in [5.74, 6) is -4.28. The normalized spacial score (nSPS) is 12.4. The molecule has 1 aliphatic carbocycles. The van der Waals surface area contributed by atoms with E-state index in [-0.39, 0.29) is 24.7 Å². The zero-order valence-electron chi connectivity index (χ0n) is 17.8. The number of alkyl halides is 3. The molecule has 1 amide bonds. The van der Waals surface area contributed by atoms with Gasteiger partial charge < -0.3 is 10.1 Å². The molecule has 2 aromatic heterocycles. The smallest absolute Gasteiger partial charge is 0.381 e. The SMILES string of the molecule is O=C(NCCCn1nc2c(c1C(=O)OC(=O)C(F)(F)F)CCc1cnccc1-2)c1ccccc1. The predicted octanol–water partition coefficient (Wildman–Crippen LogP) is 3.11. The van der Waals surface area contributed by atoms with Crippen molar-refractivity contribution in [2.24, 2.45) is 0 Å². The fourth-order valence-corrected chi connectivity index (χ4v) is 3.77. The first kappa shape index (κ1) is 23.1. The number of aryl methyl sites for hydroxylation is 2.